The minimum atomic E-state index is 0.702. The Bertz CT molecular complexity index is 213. The van der Waals surface area contributed by atoms with Gasteiger partial charge in [-0.3, -0.25) is 0 Å². The number of nitriles is 1. The van der Waals surface area contributed by atoms with Gasteiger partial charge in [0, 0.05) is 5.57 Å². The molecule has 0 unspecified atom stereocenters. The zero-order valence-electron chi connectivity index (χ0n) is 6.39. The Hall–Kier alpha value is -1.29. The van der Waals surface area contributed by atoms with E-state index in [1.54, 1.807) is 19.1 Å². The van der Waals surface area contributed by atoms with Crippen molar-refractivity contribution in [3.8, 4) is 6.07 Å². The van der Waals surface area contributed by atoms with E-state index in [0.717, 1.165) is 5.57 Å². The molecule has 0 aromatic heterocycles. The maximum absolute atomic E-state index is 8.39. The van der Waals surface area contributed by atoms with Gasteiger partial charge in [-0.25, -0.2) is 0 Å². The molecule has 0 heterocycles. The summed E-state index contributed by atoms with van der Waals surface area (Å²) in [6.45, 7) is 7.28. The van der Waals surface area contributed by atoms with Gasteiger partial charge in [-0.1, -0.05) is 18.7 Å². The van der Waals surface area contributed by atoms with E-state index in [-0.39, 0.29) is 0 Å². The minimum Gasteiger partial charge on any atom is -0.193 e. The van der Waals surface area contributed by atoms with E-state index >= 15 is 0 Å². The number of hydrogen-bond acceptors (Lipinski definition) is 1. The van der Waals surface area contributed by atoms with Crippen LogP contribution in [0.3, 0.4) is 0 Å². The van der Waals surface area contributed by atoms with Gasteiger partial charge in [-0.05, 0) is 25.5 Å². The summed E-state index contributed by atoms with van der Waals surface area (Å²) in [6, 6.07) is 2.04. The molecule has 1 heteroatoms. The predicted molar refractivity (Wildman–Crippen MR) is 43.3 cm³/mol. The fraction of sp³-hybridized carbons (Fsp3) is 0.222. The van der Waals surface area contributed by atoms with Crippen molar-refractivity contribution in [1.82, 2.24) is 0 Å². The van der Waals surface area contributed by atoms with Gasteiger partial charge < -0.3 is 0 Å². The van der Waals surface area contributed by atoms with Gasteiger partial charge in [-0.2, -0.15) is 5.26 Å². The van der Waals surface area contributed by atoms with E-state index in [9.17, 15) is 0 Å². The molecule has 0 aromatic rings. The van der Waals surface area contributed by atoms with E-state index in [4.69, 9.17) is 5.26 Å². The average molecular weight is 133 g/mol. The molecule has 0 saturated heterocycles. The lowest BCUT2D eigenvalue weighted by Crippen LogP contribution is -1.72. The Morgan fingerprint density at radius 2 is 2.20 bits per heavy atom. The lowest BCUT2D eigenvalue weighted by atomic mass is 10.2. The van der Waals surface area contributed by atoms with Gasteiger partial charge in [0.05, 0.1) is 6.07 Å². The summed E-state index contributed by atoms with van der Waals surface area (Å²) in [6.07, 6.45) is 5.43. The third kappa shape index (κ3) is 2.88. The van der Waals surface area contributed by atoms with Crippen molar-refractivity contribution >= 4 is 0 Å². The third-order valence-corrected chi connectivity index (χ3v) is 1.13. The first kappa shape index (κ1) is 8.71. The smallest absolute Gasteiger partial charge is 0.0944 e. The van der Waals surface area contributed by atoms with Gasteiger partial charge >= 0.3 is 0 Å². The molecule has 0 saturated carbocycles. The molecule has 52 valence electrons. The van der Waals surface area contributed by atoms with Crippen LogP contribution in [-0.4, -0.2) is 0 Å². The first-order chi connectivity index (χ1) is 4.74. The van der Waals surface area contributed by atoms with Crippen LogP contribution in [0.15, 0.2) is 36.0 Å². The molecular weight excluding hydrogens is 122 g/mol. The number of nitrogens with zero attached hydrogens (tertiary/aromatic N) is 1. The topological polar surface area (TPSA) is 23.8 Å². The second-order valence-electron chi connectivity index (χ2n) is 1.93. The lowest BCUT2D eigenvalue weighted by molar-refractivity contribution is 1.43. The fourth-order valence-electron chi connectivity index (χ4n) is 0.542. The fourth-order valence-corrected chi connectivity index (χ4v) is 0.542. The molecule has 0 spiro atoms. The molecule has 0 aliphatic carbocycles. The summed E-state index contributed by atoms with van der Waals surface area (Å²) in [5.41, 5.74) is 1.69. The zero-order chi connectivity index (χ0) is 7.98. The summed E-state index contributed by atoms with van der Waals surface area (Å²) in [5.74, 6) is 0. The summed E-state index contributed by atoms with van der Waals surface area (Å²) in [7, 11) is 0. The first-order valence-corrected chi connectivity index (χ1v) is 3.11. The van der Waals surface area contributed by atoms with Crippen LogP contribution < -0.4 is 0 Å². The molecule has 0 aliphatic rings. The third-order valence-electron chi connectivity index (χ3n) is 1.13. The van der Waals surface area contributed by atoms with Crippen LogP contribution in [-0.2, 0) is 0 Å². The van der Waals surface area contributed by atoms with Crippen LogP contribution in [0.2, 0.25) is 0 Å². The second-order valence-corrected chi connectivity index (χ2v) is 1.93. The first-order valence-electron chi connectivity index (χ1n) is 3.11. The molecule has 0 amide bonds. The van der Waals surface area contributed by atoms with Gasteiger partial charge in [0.15, 0.2) is 0 Å². The Morgan fingerprint density at radius 3 is 2.50 bits per heavy atom. The molecule has 0 bridgehead atoms. The van der Waals surface area contributed by atoms with E-state index in [0.29, 0.717) is 5.57 Å². The normalized spacial score (nSPS) is 12.5. The molecule has 0 rings (SSSR count). The van der Waals surface area contributed by atoms with Crippen LogP contribution in [0.4, 0.5) is 0 Å². The Balaban J connectivity index is 4.41. The zero-order valence-corrected chi connectivity index (χ0v) is 6.39. The minimum absolute atomic E-state index is 0.702. The summed E-state index contributed by atoms with van der Waals surface area (Å²) in [5, 5.41) is 8.39. The van der Waals surface area contributed by atoms with Crippen LogP contribution in [0.5, 0.6) is 0 Å². The Morgan fingerprint density at radius 1 is 1.60 bits per heavy atom. The van der Waals surface area contributed by atoms with Crippen molar-refractivity contribution in [3.05, 3.63) is 36.0 Å². The Kier molecular flexibility index (Phi) is 3.99. The maximum atomic E-state index is 8.39. The number of allylic oxidation sites excluding steroid dienone is 5. The summed E-state index contributed by atoms with van der Waals surface area (Å²) in [4.78, 5) is 0. The highest BCUT2D eigenvalue weighted by Crippen LogP contribution is 2.01. The molecule has 0 N–H and O–H groups in total. The van der Waals surface area contributed by atoms with E-state index in [1.165, 1.54) is 0 Å². The molecule has 0 aliphatic heterocycles. The van der Waals surface area contributed by atoms with Gasteiger partial charge in [0.2, 0.25) is 0 Å². The second kappa shape index (κ2) is 4.58. The molecule has 0 atom stereocenters. The summed E-state index contributed by atoms with van der Waals surface area (Å²) >= 11 is 0. The van der Waals surface area contributed by atoms with Crippen molar-refractivity contribution < 1.29 is 0 Å². The van der Waals surface area contributed by atoms with E-state index in [2.05, 4.69) is 6.58 Å². The van der Waals surface area contributed by atoms with Crippen molar-refractivity contribution in [2.24, 2.45) is 0 Å². The van der Waals surface area contributed by atoms with Crippen LogP contribution in [0, 0.1) is 11.3 Å². The van der Waals surface area contributed by atoms with E-state index < -0.39 is 0 Å². The van der Waals surface area contributed by atoms with Crippen molar-refractivity contribution in [1.29, 1.82) is 5.26 Å². The number of rotatable bonds is 2. The van der Waals surface area contributed by atoms with Crippen molar-refractivity contribution in [2.75, 3.05) is 0 Å². The van der Waals surface area contributed by atoms with Gasteiger partial charge in [0.1, 0.15) is 0 Å². The predicted octanol–water partition coefficient (Wildman–Crippen LogP) is 2.59. The standard InChI is InChI=1S/C9H11N/c1-4-9(5-2)6-8(3)7-10/h4-6H,1H2,2-3H3. The molecule has 0 fully saturated rings. The maximum Gasteiger partial charge on any atom is 0.0944 e. The Labute approximate surface area is 62.0 Å². The largest absolute Gasteiger partial charge is 0.193 e. The molecular formula is C9H11N. The SMILES string of the molecule is C=CC(C=C(C)C#N)=CC. The van der Waals surface area contributed by atoms with Crippen molar-refractivity contribution in [2.45, 2.75) is 13.8 Å². The summed E-state index contributed by atoms with van der Waals surface area (Å²) < 4.78 is 0. The average Bonchev–Trinajstić information content (AvgIpc) is 1.99. The van der Waals surface area contributed by atoms with Crippen LogP contribution in [0.1, 0.15) is 13.8 Å². The van der Waals surface area contributed by atoms with Gasteiger partial charge in [-0.15, -0.1) is 0 Å². The molecule has 10 heavy (non-hydrogen) atoms. The number of hydrogen-bond donors (Lipinski definition) is 0. The van der Waals surface area contributed by atoms with Gasteiger partial charge in [0.25, 0.3) is 0 Å². The van der Waals surface area contributed by atoms with E-state index in [1.807, 2.05) is 19.1 Å². The molecule has 0 aromatic carbocycles. The quantitative estimate of drug-likeness (QED) is 0.419. The molecule has 1 nitrogen and oxygen atoms in total. The van der Waals surface area contributed by atoms with Crippen LogP contribution in [0.25, 0.3) is 0 Å². The molecule has 0 radical (unpaired) electrons. The lowest BCUT2D eigenvalue weighted by Gasteiger charge is -1.89. The highest BCUT2D eigenvalue weighted by molar-refractivity contribution is 5.35. The monoisotopic (exact) mass is 133 g/mol. The highest BCUT2D eigenvalue weighted by atomic mass is 14.2. The van der Waals surface area contributed by atoms with Crippen LogP contribution >= 0.6 is 0 Å². The van der Waals surface area contributed by atoms with Crippen molar-refractivity contribution in [3.63, 3.8) is 0 Å². The highest BCUT2D eigenvalue weighted by Gasteiger charge is 1.85.